The molecule has 0 aliphatic heterocycles. The summed E-state index contributed by atoms with van der Waals surface area (Å²) in [4.78, 5) is 40.2. The summed E-state index contributed by atoms with van der Waals surface area (Å²) < 4.78 is 1.48. The van der Waals surface area contributed by atoms with Crippen LogP contribution in [0.2, 0.25) is 0 Å². The highest BCUT2D eigenvalue weighted by Crippen LogP contribution is 2.22. The van der Waals surface area contributed by atoms with E-state index in [1.54, 1.807) is 24.3 Å². The number of carbonyl (C=O) groups excluding carboxylic acids is 2. The molecule has 0 saturated carbocycles. The molecule has 8 heteroatoms. The summed E-state index contributed by atoms with van der Waals surface area (Å²) in [5.74, 6) is -0.653. The Labute approximate surface area is 159 Å². The lowest BCUT2D eigenvalue weighted by Crippen LogP contribution is -2.36. The van der Waals surface area contributed by atoms with Crippen molar-refractivity contribution in [2.24, 2.45) is 5.73 Å². The number of thioether (sulfide) groups is 1. The molecule has 3 rings (SSSR count). The van der Waals surface area contributed by atoms with E-state index in [1.165, 1.54) is 4.57 Å². The maximum Gasteiger partial charge on any atom is 0.318 e. The predicted molar refractivity (Wildman–Crippen MR) is 105 cm³/mol. The number of aryl methyl sites for hydroxylation is 2. The van der Waals surface area contributed by atoms with E-state index in [2.05, 4.69) is 4.98 Å². The third kappa shape index (κ3) is 4.01. The Kier molecular flexibility index (Phi) is 5.27. The summed E-state index contributed by atoms with van der Waals surface area (Å²) in [6, 6.07) is 11.8. The normalized spacial score (nSPS) is 10.7. The summed E-state index contributed by atoms with van der Waals surface area (Å²) in [5, 5.41) is 2.85. The average Bonchev–Trinajstić information content (AvgIpc) is 2.62. The van der Waals surface area contributed by atoms with Crippen LogP contribution in [0.4, 0.5) is 4.79 Å². The second-order valence-corrected chi connectivity index (χ2v) is 6.96. The molecule has 0 unspecified atom stereocenters. The Morgan fingerprint density at radius 1 is 1.15 bits per heavy atom. The van der Waals surface area contributed by atoms with Crippen molar-refractivity contribution in [3.63, 3.8) is 0 Å². The first-order chi connectivity index (χ1) is 12.9. The molecule has 0 atom stereocenters. The van der Waals surface area contributed by atoms with Crippen LogP contribution in [-0.2, 0) is 4.79 Å². The van der Waals surface area contributed by atoms with Gasteiger partial charge in [-0.1, -0.05) is 30.0 Å². The van der Waals surface area contributed by atoms with Crippen LogP contribution in [0, 0.1) is 13.8 Å². The Balaban J connectivity index is 2.12. The van der Waals surface area contributed by atoms with Gasteiger partial charge in [-0.2, -0.15) is 0 Å². The lowest BCUT2D eigenvalue weighted by Gasteiger charge is -2.14. The van der Waals surface area contributed by atoms with Gasteiger partial charge in [0.15, 0.2) is 5.16 Å². The largest absolute Gasteiger partial charge is 0.351 e. The van der Waals surface area contributed by atoms with Crippen molar-refractivity contribution >= 4 is 34.6 Å². The molecule has 3 aromatic rings. The molecule has 0 bridgehead atoms. The van der Waals surface area contributed by atoms with E-state index >= 15 is 0 Å². The number of para-hydroxylation sites is 1. The number of aromatic nitrogens is 2. The number of amides is 3. The smallest absolute Gasteiger partial charge is 0.318 e. The number of imide groups is 1. The minimum absolute atomic E-state index is 0.0986. The number of primary amides is 1. The van der Waals surface area contributed by atoms with Crippen LogP contribution in [-0.4, -0.2) is 27.2 Å². The van der Waals surface area contributed by atoms with Crippen molar-refractivity contribution in [3.05, 3.63) is 63.9 Å². The Morgan fingerprint density at radius 3 is 2.59 bits per heavy atom. The standard InChI is InChI=1S/C19H18N4O3S/c1-11-7-8-13(9-12(11)2)23-17(25)14-5-3-4-6-15(14)21-19(23)27-10-16(24)22-18(20)26/h3-9H,10H2,1-2H3,(H3,20,22,24,26). The molecular weight excluding hydrogens is 364 g/mol. The molecule has 1 heterocycles. The quantitative estimate of drug-likeness (QED) is 0.532. The summed E-state index contributed by atoms with van der Waals surface area (Å²) >= 11 is 1.06. The molecule has 0 aliphatic carbocycles. The zero-order valence-corrected chi connectivity index (χ0v) is 15.7. The zero-order chi connectivity index (χ0) is 19.6. The number of carbonyl (C=O) groups is 2. The number of benzene rings is 2. The first-order valence-corrected chi connectivity index (χ1v) is 9.17. The third-order valence-electron chi connectivity index (χ3n) is 4.09. The van der Waals surface area contributed by atoms with Crippen LogP contribution < -0.4 is 16.6 Å². The van der Waals surface area contributed by atoms with Crippen molar-refractivity contribution in [3.8, 4) is 5.69 Å². The Morgan fingerprint density at radius 2 is 1.89 bits per heavy atom. The molecule has 0 saturated heterocycles. The number of nitrogens with zero attached hydrogens (tertiary/aromatic N) is 2. The molecule has 138 valence electrons. The second-order valence-electron chi connectivity index (χ2n) is 6.02. The minimum atomic E-state index is -0.918. The van der Waals surface area contributed by atoms with Crippen molar-refractivity contribution in [1.82, 2.24) is 14.9 Å². The first-order valence-electron chi connectivity index (χ1n) is 8.18. The van der Waals surface area contributed by atoms with E-state index < -0.39 is 11.9 Å². The molecule has 7 nitrogen and oxygen atoms in total. The number of nitrogens with two attached hydrogens (primary N) is 1. The lowest BCUT2D eigenvalue weighted by atomic mass is 10.1. The number of urea groups is 1. The van der Waals surface area contributed by atoms with E-state index in [9.17, 15) is 14.4 Å². The SMILES string of the molecule is Cc1ccc(-n2c(SCC(=O)NC(N)=O)nc3ccccc3c2=O)cc1C. The third-order valence-corrected chi connectivity index (χ3v) is 5.03. The predicted octanol–water partition coefficient (Wildman–Crippen LogP) is 2.29. The van der Waals surface area contributed by atoms with Gasteiger partial charge in [0.25, 0.3) is 5.56 Å². The Bertz CT molecular complexity index is 1110. The van der Waals surface area contributed by atoms with Gasteiger partial charge in [0.05, 0.1) is 22.3 Å². The highest BCUT2D eigenvalue weighted by atomic mass is 32.2. The topological polar surface area (TPSA) is 107 Å². The van der Waals surface area contributed by atoms with Crippen molar-refractivity contribution < 1.29 is 9.59 Å². The number of hydrogen-bond acceptors (Lipinski definition) is 5. The van der Waals surface area contributed by atoms with E-state index in [4.69, 9.17) is 5.73 Å². The van der Waals surface area contributed by atoms with Crippen LogP contribution in [0.5, 0.6) is 0 Å². The molecule has 0 aliphatic rings. The summed E-state index contributed by atoms with van der Waals surface area (Å²) in [6.45, 7) is 3.95. The number of rotatable bonds is 4. The molecule has 0 spiro atoms. The van der Waals surface area contributed by atoms with Gasteiger partial charge < -0.3 is 5.73 Å². The monoisotopic (exact) mass is 382 g/mol. The minimum Gasteiger partial charge on any atom is -0.351 e. The Hall–Kier alpha value is -3.13. The van der Waals surface area contributed by atoms with Crippen LogP contribution in [0.3, 0.4) is 0 Å². The molecule has 0 fully saturated rings. The molecule has 0 radical (unpaired) electrons. The van der Waals surface area contributed by atoms with Crippen molar-refractivity contribution in [1.29, 1.82) is 0 Å². The lowest BCUT2D eigenvalue weighted by molar-refractivity contribution is -0.117. The fraction of sp³-hybridized carbons (Fsp3) is 0.158. The maximum atomic E-state index is 13.1. The highest BCUT2D eigenvalue weighted by molar-refractivity contribution is 7.99. The molecular formula is C19H18N4O3S. The fourth-order valence-electron chi connectivity index (χ4n) is 2.61. The first kappa shape index (κ1) is 18.7. The van der Waals surface area contributed by atoms with E-state index in [0.29, 0.717) is 21.7 Å². The van der Waals surface area contributed by atoms with Crippen LogP contribution in [0.25, 0.3) is 16.6 Å². The van der Waals surface area contributed by atoms with Gasteiger partial charge in [-0.05, 0) is 49.2 Å². The van der Waals surface area contributed by atoms with Gasteiger partial charge >= 0.3 is 6.03 Å². The highest BCUT2D eigenvalue weighted by Gasteiger charge is 2.15. The van der Waals surface area contributed by atoms with Gasteiger partial charge in [-0.25, -0.2) is 9.78 Å². The van der Waals surface area contributed by atoms with Gasteiger partial charge in [0.2, 0.25) is 5.91 Å². The molecule has 3 N–H and O–H groups in total. The van der Waals surface area contributed by atoms with Gasteiger partial charge in [0, 0.05) is 0 Å². The van der Waals surface area contributed by atoms with Crippen molar-refractivity contribution in [2.75, 3.05) is 5.75 Å². The number of fused-ring (bicyclic) bond motifs is 1. The van der Waals surface area contributed by atoms with Gasteiger partial charge in [-0.3, -0.25) is 19.5 Å². The van der Waals surface area contributed by atoms with Crippen LogP contribution in [0.15, 0.2) is 52.4 Å². The van der Waals surface area contributed by atoms with E-state index in [0.717, 1.165) is 22.9 Å². The molecule has 2 aromatic carbocycles. The fourth-order valence-corrected chi connectivity index (χ4v) is 3.42. The summed E-state index contributed by atoms with van der Waals surface area (Å²) in [5.41, 5.74) is 8.09. The average molecular weight is 382 g/mol. The molecule has 27 heavy (non-hydrogen) atoms. The molecule has 3 amide bonds. The van der Waals surface area contributed by atoms with Gasteiger partial charge in [0.1, 0.15) is 0 Å². The van der Waals surface area contributed by atoms with E-state index in [-0.39, 0.29) is 11.3 Å². The van der Waals surface area contributed by atoms with Crippen LogP contribution in [0.1, 0.15) is 11.1 Å². The van der Waals surface area contributed by atoms with Gasteiger partial charge in [-0.15, -0.1) is 0 Å². The zero-order valence-electron chi connectivity index (χ0n) is 14.9. The maximum absolute atomic E-state index is 13.1. The summed E-state index contributed by atoms with van der Waals surface area (Å²) in [7, 11) is 0. The molecule has 1 aromatic heterocycles. The van der Waals surface area contributed by atoms with Crippen molar-refractivity contribution in [2.45, 2.75) is 19.0 Å². The van der Waals surface area contributed by atoms with Crippen LogP contribution >= 0.6 is 11.8 Å². The number of hydrogen-bond donors (Lipinski definition) is 2. The number of nitrogens with one attached hydrogen (secondary N) is 1. The second kappa shape index (κ2) is 7.63. The van der Waals surface area contributed by atoms with E-state index in [1.807, 2.05) is 37.4 Å². The summed E-state index contributed by atoms with van der Waals surface area (Å²) in [6.07, 6.45) is 0.